The van der Waals surface area contributed by atoms with Crippen molar-refractivity contribution in [2.75, 3.05) is 11.9 Å². The van der Waals surface area contributed by atoms with E-state index < -0.39 is 30.4 Å². The molecule has 1 aliphatic heterocycles. The van der Waals surface area contributed by atoms with Crippen LogP contribution in [0.3, 0.4) is 0 Å². The maximum Gasteiger partial charge on any atom is 0.335 e. The van der Waals surface area contributed by atoms with E-state index in [-0.39, 0.29) is 11.3 Å². The van der Waals surface area contributed by atoms with E-state index in [2.05, 4.69) is 10.6 Å². The van der Waals surface area contributed by atoms with Gasteiger partial charge in [0.25, 0.3) is 5.91 Å². The third-order valence-corrected chi connectivity index (χ3v) is 4.97. The van der Waals surface area contributed by atoms with Crippen molar-refractivity contribution in [3.8, 4) is 11.3 Å². The molecule has 3 N–H and O–H groups in total. The molecule has 9 nitrogen and oxygen atoms in total. The van der Waals surface area contributed by atoms with E-state index in [1.54, 1.807) is 55.5 Å². The monoisotopic (exact) mass is 445 g/mol. The molecule has 0 aliphatic carbocycles. The lowest BCUT2D eigenvalue weighted by Gasteiger charge is -2.11. The summed E-state index contributed by atoms with van der Waals surface area (Å²) in [6, 6.07) is 16.0. The highest BCUT2D eigenvalue weighted by atomic mass is 16.4. The van der Waals surface area contributed by atoms with E-state index in [1.807, 2.05) is 0 Å². The van der Waals surface area contributed by atoms with Crippen molar-refractivity contribution in [3.05, 3.63) is 83.2 Å². The van der Waals surface area contributed by atoms with E-state index in [0.717, 1.165) is 4.90 Å². The number of urea groups is 1. The van der Waals surface area contributed by atoms with Crippen LogP contribution < -0.4 is 10.6 Å². The summed E-state index contributed by atoms with van der Waals surface area (Å²) < 4.78 is 5.77. The Morgan fingerprint density at radius 2 is 1.85 bits per heavy atom. The molecule has 2 aromatic carbocycles. The van der Waals surface area contributed by atoms with Crippen LogP contribution in [0.5, 0.6) is 0 Å². The molecule has 0 atom stereocenters. The minimum Gasteiger partial charge on any atom is -0.478 e. The molecule has 166 valence electrons. The van der Waals surface area contributed by atoms with Crippen molar-refractivity contribution in [1.82, 2.24) is 10.2 Å². The Labute approximate surface area is 188 Å². The summed E-state index contributed by atoms with van der Waals surface area (Å²) in [5.41, 5.74) is 2.11. The van der Waals surface area contributed by atoms with Gasteiger partial charge < -0.3 is 20.2 Å². The molecule has 2 heterocycles. The van der Waals surface area contributed by atoms with Crippen LogP contribution in [-0.4, -0.2) is 40.4 Å². The average Bonchev–Trinajstić information content (AvgIpc) is 3.34. The predicted molar refractivity (Wildman–Crippen MR) is 119 cm³/mol. The first-order chi connectivity index (χ1) is 15.8. The van der Waals surface area contributed by atoms with Crippen LogP contribution in [0, 0.1) is 6.92 Å². The molecule has 3 aromatic rings. The second kappa shape index (κ2) is 8.83. The fraction of sp³-hybridized carbons (Fsp3) is 0.0833. The van der Waals surface area contributed by atoms with Gasteiger partial charge in [-0.25, -0.2) is 14.5 Å². The second-order valence-corrected chi connectivity index (χ2v) is 7.33. The van der Waals surface area contributed by atoms with Gasteiger partial charge >= 0.3 is 12.0 Å². The lowest BCUT2D eigenvalue weighted by atomic mass is 10.0. The van der Waals surface area contributed by atoms with Gasteiger partial charge in [-0.1, -0.05) is 24.3 Å². The van der Waals surface area contributed by atoms with Gasteiger partial charge in [-0.2, -0.15) is 0 Å². The minimum atomic E-state index is -1.02. The summed E-state index contributed by atoms with van der Waals surface area (Å²) in [6.07, 6.45) is 1.37. The van der Waals surface area contributed by atoms with Gasteiger partial charge in [0.15, 0.2) is 0 Å². The topological polar surface area (TPSA) is 129 Å². The van der Waals surface area contributed by atoms with E-state index in [0.29, 0.717) is 28.3 Å². The Balaban J connectivity index is 1.47. The number of carbonyl (C=O) groups is 4. The van der Waals surface area contributed by atoms with Crippen molar-refractivity contribution in [1.29, 1.82) is 0 Å². The first-order valence-corrected chi connectivity index (χ1v) is 9.95. The number of para-hydroxylation sites is 1. The van der Waals surface area contributed by atoms with E-state index in [1.165, 1.54) is 18.2 Å². The van der Waals surface area contributed by atoms with Gasteiger partial charge in [0.05, 0.1) is 5.56 Å². The zero-order chi connectivity index (χ0) is 23.5. The molecule has 1 aliphatic rings. The molecule has 1 fully saturated rings. The fourth-order valence-corrected chi connectivity index (χ4v) is 3.37. The number of rotatable bonds is 6. The number of nitrogens with zero attached hydrogens (tertiary/aromatic N) is 1. The SMILES string of the molecule is Cc1cc(C(=O)O)ccc1-c1ccc(/C=C2\NC(=O)N(CC(=O)Nc3ccccc3)C2=O)o1. The summed E-state index contributed by atoms with van der Waals surface area (Å²) >= 11 is 0. The van der Waals surface area contributed by atoms with Crippen molar-refractivity contribution in [2.24, 2.45) is 0 Å². The summed E-state index contributed by atoms with van der Waals surface area (Å²) in [6.45, 7) is 1.33. The molecule has 4 amide bonds. The van der Waals surface area contributed by atoms with Gasteiger partial charge in [-0.05, 0) is 48.9 Å². The number of anilines is 1. The summed E-state index contributed by atoms with van der Waals surface area (Å²) in [7, 11) is 0. The second-order valence-electron chi connectivity index (χ2n) is 7.33. The van der Waals surface area contributed by atoms with E-state index in [9.17, 15) is 19.2 Å². The number of imide groups is 1. The summed E-state index contributed by atoms with van der Waals surface area (Å²) in [5.74, 6) is -1.39. The number of aromatic carboxylic acids is 1. The van der Waals surface area contributed by atoms with Crippen molar-refractivity contribution >= 4 is 35.6 Å². The molecule has 0 saturated carbocycles. The molecule has 4 rings (SSSR count). The number of benzene rings is 2. The third-order valence-electron chi connectivity index (χ3n) is 4.97. The van der Waals surface area contributed by atoms with Crippen molar-refractivity contribution < 1.29 is 28.7 Å². The number of carboxylic acids is 1. The summed E-state index contributed by atoms with van der Waals surface area (Å²) in [4.78, 5) is 49.0. The zero-order valence-electron chi connectivity index (χ0n) is 17.5. The average molecular weight is 445 g/mol. The minimum absolute atomic E-state index is 0.0219. The number of carbonyl (C=O) groups excluding carboxylic acids is 3. The van der Waals surface area contributed by atoms with Crippen LogP contribution >= 0.6 is 0 Å². The lowest BCUT2D eigenvalue weighted by molar-refractivity contribution is -0.127. The number of nitrogens with one attached hydrogen (secondary N) is 2. The quantitative estimate of drug-likeness (QED) is 0.394. The molecule has 0 bridgehead atoms. The standard InChI is InChI=1S/C24H19N3O6/c1-14-11-15(23(30)31)7-9-18(14)20-10-8-17(33-20)12-19-22(29)27(24(32)26-19)13-21(28)25-16-5-3-2-4-6-16/h2-12H,13H2,1H3,(H,25,28)(H,26,32)(H,30,31)/b19-12-. The first-order valence-electron chi connectivity index (χ1n) is 9.95. The molecule has 0 unspecified atom stereocenters. The van der Waals surface area contributed by atoms with E-state index in [4.69, 9.17) is 9.52 Å². The Hall–Kier alpha value is -4.66. The smallest absolute Gasteiger partial charge is 0.335 e. The molecule has 0 spiro atoms. The highest BCUT2D eigenvalue weighted by Crippen LogP contribution is 2.27. The van der Waals surface area contributed by atoms with Crippen LogP contribution in [0.2, 0.25) is 0 Å². The zero-order valence-corrected chi connectivity index (χ0v) is 17.5. The summed E-state index contributed by atoms with van der Waals surface area (Å²) in [5, 5.41) is 14.2. The molecule has 1 aromatic heterocycles. The fourth-order valence-electron chi connectivity index (χ4n) is 3.37. The number of furan rings is 1. The van der Waals surface area contributed by atoms with Crippen molar-refractivity contribution in [3.63, 3.8) is 0 Å². The number of hydrogen-bond acceptors (Lipinski definition) is 5. The maximum atomic E-state index is 12.6. The number of hydrogen-bond donors (Lipinski definition) is 3. The Kier molecular flexibility index (Phi) is 5.77. The molecular weight excluding hydrogens is 426 g/mol. The van der Waals surface area contributed by atoms with Gasteiger partial charge in [-0.15, -0.1) is 0 Å². The molecule has 1 saturated heterocycles. The van der Waals surface area contributed by atoms with Gasteiger partial charge in [-0.3, -0.25) is 9.59 Å². The highest BCUT2D eigenvalue weighted by molar-refractivity contribution is 6.15. The van der Waals surface area contributed by atoms with Crippen LogP contribution in [0.4, 0.5) is 10.5 Å². The van der Waals surface area contributed by atoms with Crippen LogP contribution in [0.25, 0.3) is 17.4 Å². The molecule has 9 heteroatoms. The van der Waals surface area contributed by atoms with Crippen LogP contribution in [0.15, 0.2) is 70.8 Å². The first kappa shape index (κ1) is 21.6. The van der Waals surface area contributed by atoms with Crippen molar-refractivity contribution in [2.45, 2.75) is 6.92 Å². The van der Waals surface area contributed by atoms with Gasteiger partial charge in [0.1, 0.15) is 23.8 Å². The van der Waals surface area contributed by atoms with Crippen LogP contribution in [0.1, 0.15) is 21.7 Å². The largest absolute Gasteiger partial charge is 0.478 e. The third kappa shape index (κ3) is 4.67. The normalized spacial score (nSPS) is 14.5. The van der Waals surface area contributed by atoms with E-state index >= 15 is 0 Å². The lowest BCUT2D eigenvalue weighted by Crippen LogP contribution is -2.38. The Bertz CT molecular complexity index is 1290. The number of aryl methyl sites for hydroxylation is 1. The molecule has 33 heavy (non-hydrogen) atoms. The number of carboxylic acid groups (broad SMARTS) is 1. The van der Waals surface area contributed by atoms with Crippen LogP contribution in [-0.2, 0) is 9.59 Å². The number of amides is 4. The predicted octanol–water partition coefficient (Wildman–Crippen LogP) is 3.48. The Morgan fingerprint density at radius 1 is 1.09 bits per heavy atom. The van der Waals surface area contributed by atoms with Gasteiger partial charge in [0.2, 0.25) is 5.91 Å². The van der Waals surface area contributed by atoms with Gasteiger partial charge in [0, 0.05) is 17.3 Å². The maximum absolute atomic E-state index is 12.6. The molecule has 0 radical (unpaired) electrons. The highest BCUT2D eigenvalue weighted by Gasteiger charge is 2.35. The molecular formula is C24H19N3O6. The Morgan fingerprint density at radius 3 is 2.55 bits per heavy atom.